The number of nitrogens with one attached hydrogen (secondary N) is 2. The molecule has 0 heterocycles. The van der Waals surface area contributed by atoms with Gasteiger partial charge < -0.3 is 20.1 Å². The van der Waals surface area contributed by atoms with Crippen LogP contribution >= 0.6 is 0 Å². The minimum absolute atomic E-state index is 0.0395. The molecule has 5 nitrogen and oxygen atoms in total. The first-order valence-corrected chi connectivity index (χ1v) is 8.22. The van der Waals surface area contributed by atoms with Gasteiger partial charge in [0.1, 0.15) is 11.6 Å². The van der Waals surface area contributed by atoms with Crippen LogP contribution in [-0.4, -0.2) is 26.3 Å². The molecule has 2 aromatic rings. The lowest BCUT2D eigenvalue weighted by Gasteiger charge is -2.11. The molecule has 1 aliphatic rings. The molecule has 0 unspecified atom stereocenters. The van der Waals surface area contributed by atoms with E-state index in [9.17, 15) is 13.6 Å². The van der Waals surface area contributed by atoms with Crippen LogP contribution in [-0.2, 0) is 6.54 Å². The molecule has 1 saturated carbocycles. The van der Waals surface area contributed by atoms with Crippen molar-refractivity contribution in [1.82, 2.24) is 10.6 Å². The number of carbonyl (C=O) groups excluding carboxylic acids is 1. The Kier molecular flexibility index (Phi) is 5.25. The Hall–Kier alpha value is -2.83. The number of benzene rings is 2. The molecule has 0 spiro atoms. The largest absolute Gasteiger partial charge is 0.493 e. The Morgan fingerprint density at radius 2 is 1.81 bits per heavy atom. The average Bonchev–Trinajstić information content (AvgIpc) is 3.38. The van der Waals surface area contributed by atoms with Gasteiger partial charge in [-0.05, 0) is 36.2 Å². The maximum absolute atomic E-state index is 13.8. The summed E-state index contributed by atoms with van der Waals surface area (Å²) >= 11 is 0. The summed E-state index contributed by atoms with van der Waals surface area (Å²) in [5, 5.41) is 5.47. The first-order valence-electron chi connectivity index (χ1n) is 8.22. The SMILES string of the molecule is COc1ccc(CNC(=O)N[C@H]2C[C@H]2c2c(F)cccc2F)cc1OC. The second-order valence-electron chi connectivity index (χ2n) is 6.10. The predicted molar refractivity (Wildman–Crippen MR) is 92.4 cm³/mol. The fourth-order valence-corrected chi connectivity index (χ4v) is 2.93. The normalized spacial score (nSPS) is 18.2. The minimum atomic E-state index is -0.579. The molecule has 2 amide bonds. The second kappa shape index (κ2) is 7.59. The fraction of sp³-hybridized carbons (Fsp3) is 0.316. The molecule has 2 atom stereocenters. The van der Waals surface area contributed by atoms with Crippen molar-refractivity contribution in [3.05, 3.63) is 59.2 Å². The van der Waals surface area contributed by atoms with Gasteiger partial charge in [0.2, 0.25) is 0 Å². The third kappa shape index (κ3) is 3.87. The van der Waals surface area contributed by atoms with Gasteiger partial charge in [-0.25, -0.2) is 13.6 Å². The number of carbonyl (C=O) groups is 1. The van der Waals surface area contributed by atoms with Crippen molar-refractivity contribution in [2.45, 2.75) is 24.9 Å². The fourth-order valence-electron chi connectivity index (χ4n) is 2.93. The summed E-state index contributed by atoms with van der Waals surface area (Å²) in [7, 11) is 3.09. The minimum Gasteiger partial charge on any atom is -0.493 e. The number of urea groups is 1. The van der Waals surface area contributed by atoms with E-state index in [0.717, 1.165) is 5.56 Å². The second-order valence-corrected chi connectivity index (χ2v) is 6.10. The number of hydrogen-bond donors (Lipinski definition) is 2. The maximum Gasteiger partial charge on any atom is 0.315 e. The molecule has 7 heteroatoms. The van der Waals surface area contributed by atoms with Crippen LogP contribution in [0.2, 0.25) is 0 Å². The number of rotatable bonds is 6. The van der Waals surface area contributed by atoms with Gasteiger partial charge in [-0.2, -0.15) is 0 Å². The Morgan fingerprint density at radius 1 is 1.12 bits per heavy atom. The molecule has 0 aromatic heterocycles. The quantitative estimate of drug-likeness (QED) is 0.829. The molecule has 2 aromatic carbocycles. The third-order valence-corrected chi connectivity index (χ3v) is 4.38. The van der Waals surface area contributed by atoms with E-state index < -0.39 is 11.6 Å². The molecule has 26 heavy (non-hydrogen) atoms. The van der Waals surface area contributed by atoms with Crippen molar-refractivity contribution in [2.24, 2.45) is 0 Å². The van der Waals surface area contributed by atoms with E-state index in [1.807, 2.05) is 6.07 Å². The molecular weight excluding hydrogens is 342 g/mol. The van der Waals surface area contributed by atoms with Crippen LogP contribution in [0, 0.1) is 11.6 Å². The molecule has 0 bridgehead atoms. The Bertz CT molecular complexity index is 793. The summed E-state index contributed by atoms with van der Waals surface area (Å²) in [4.78, 5) is 12.0. The maximum atomic E-state index is 13.8. The van der Waals surface area contributed by atoms with E-state index in [1.54, 1.807) is 19.2 Å². The van der Waals surface area contributed by atoms with Crippen LogP contribution in [0.5, 0.6) is 11.5 Å². The van der Waals surface area contributed by atoms with Crippen LogP contribution in [0.1, 0.15) is 23.5 Å². The molecule has 138 valence electrons. The van der Waals surface area contributed by atoms with Crippen LogP contribution in [0.25, 0.3) is 0 Å². The third-order valence-electron chi connectivity index (χ3n) is 4.38. The van der Waals surface area contributed by atoms with Gasteiger partial charge in [0, 0.05) is 24.1 Å². The highest BCUT2D eigenvalue weighted by molar-refractivity contribution is 5.75. The molecule has 2 N–H and O–H groups in total. The van der Waals surface area contributed by atoms with Crippen LogP contribution in [0.3, 0.4) is 0 Å². The summed E-state index contributed by atoms with van der Waals surface area (Å²) in [6, 6.07) is 8.47. The van der Waals surface area contributed by atoms with Crippen molar-refractivity contribution < 1.29 is 23.0 Å². The van der Waals surface area contributed by atoms with Gasteiger partial charge >= 0.3 is 6.03 Å². The topological polar surface area (TPSA) is 59.6 Å². The molecule has 0 radical (unpaired) electrons. The van der Waals surface area contributed by atoms with Crippen molar-refractivity contribution >= 4 is 6.03 Å². The van der Waals surface area contributed by atoms with E-state index in [4.69, 9.17) is 9.47 Å². The first-order chi connectivity index (χ1) is 12.5. The zero-order chi connectivity index (χ0) is 18.7. The van der Waals surface area contributed by atoms with Crippen LogP contribution in [0.4, 0.5) is 13.6 Å². The molecule has 0 aliphatic heterocycles. The average molecular weight is 362 g/mol. The number of methoxy groups -OCH3 is 2. The van der Waals surface area contributed by atoms with Crippen molar-refractivity contribution in [3.8, 4) is 11.5 Å². The zero-order valence-corrected chi connectivity index (χ0v) is 14.5. The summed E-state index contributed by atoms with van der Waals surface area (Å²) in [6.07, 6.45) is 0.516. The van der Waals surface area contributed by atoms with Gasteiger partial charge in [-0.3, -0.25) is 0 Å². The monoisotopic (exact) mass is 362 g/mol. The highest BCUT2D eigenvalue weighted by atomic mass is 19.1. The van der Waals surface area contributed by atoms with Crippen molar-refractivity contribution in [1.29, 1.82) is 0 Å². The van der Waals surface area contributed by atoms with Crippen molar-refractivity contribution in [3.63, 3.8) is 0 Å². The Balaban J connectivity index is 1.53. The summed E-state index contributed by atoms with van der Waals surface area (Å²) in [6.45, 7) is 0.289. The molecule has 1 fully saturated rings. The van der Waals surface area contributed by atoms with E-state index in [1.165, 1.54) is 25.3 Å². The highest BCUT2D eigenvalue weighted by Crippen LogP contribution is 2.43. The molecular formula is C19H20F2N2O3. The smallest absolute Gasteiger partial charge is 0.315 e. The van der Waals surface area contributed by atoms with E-state index in [0.29, 0.717) is 17.9 Å². The van der Waals surface area contributed by atoms with Crippen LogP contribution in [0.15, 0.2) is 36.4 Å². The van der Waals surface area contributed by atoms with Crippen LogP contribution < -0.4 is 20.1 Å². The standard InChI is InChI=1S/C19H20F2N2O3/c1-25-16-7-6-11(8-17(16)26-2)10-22-19(24)23-15-9-12(15)18-13(20)4-3-5-14(18)21/h3-8,12,15H,9-10H2,1-2H3,(H2,22,23,24)/t12-,15+/m1/s1. The van der Waals surface area contributed by atoms with Gasteiger partial charge in [-0.15, -0.1) is 0 Å². The molecule has 1 aliphatic carbocycles. The van der Waals surface area contributed by atoms with Gasteiger partial charge in [0.05, 0.1) is 14.2 Å². The lowest BCUT2D eigenvalue weighted by Crippen LogP contribution is -2.37. The van der Waals surface area contributed by atoms with Crippen molar-refractivity contribution in [2.75, 3.05) is 14.2 Å². The number of amides is 2. The van der Waals surface area contributed by atoms with E-state index >= 15 is 0 Å². The van der Waals surface area contributed by atoms with Gasteiger partial charge in [0.25, 0.3) is 0 Å². The highest BCUT2D eigenvalue weighted by Gasteiger charge is 2.42. The lowest BCUT2D eigenvalue weighted by molar-refractivity contribution is 0.240. The molecule has 3 rings (SSSR count). The lowest BCUT2D eigenvalue weighted by atomic mass is 10.1. The van der Waals surface area contributed by atoms with Gasteiger partial charge in [0.15, 0.2) is 11.5 Å². The van der Waals surface area contributed by atoms with E-state index in [-0.39, 0.29) is 30.1 Å². The first kappa shape index (κ1) is 18.0. The summed E-state index contributed by atoms with van der Waals surface area (Å²) in [5.74, 6) is -0.309. The van der Waals surface area contributed by atoms with Gasteiger partial charge in [-0.1, -0.05) is 12.1 Å². The van der Waals surface area contributed by atoms with E-state index in [2.05, 4.69) is 10.6 Å². The number of ether oxygens (including phenoxy) is 2. The summed E-state index contributed by atoms with van der Waals surface area (Å²) < 4.78 is 37.9. The number of hydrogen-bond acceptors (Lipinski definition) is 3. The number of halogens is 2. The predicted octanol–water partition coefficient (Wildman–Crippen LogP) is 3.34. The summed E-state index contributed by atoms with van der Waals surface area (Å²) in [5.41, 5.74) is 0.878. The Morgan fingerprint density at radius 3 is 2.46 bits per heavy atom. The Labute approximate surface area is 150 Å². The molecule has 0 saturated heterocycles. The zero-order valence-electron chi connectivity index (χ0n) is 14.5.